The van der Waals surface area contributed by atoms with Gasteiger partial charge in [-0.3, -0.25) is 4.79 Å². The van der Waals surface area contributed by atoms with Gasteiger partial charge in [-0.15, -0.1) is 11.3 Å². The van der Waals surface area contributed by atoms with E-state index in [2.05, 4.69) is 33.6 Å². The number of carbonyl (C=O) groups is 1. The van der Waals surface area contributed by atoms with Crippen LogP contribution in [0.3, 0.4) is 0 Å². The molecule has 2 aromatic heterocycles. The number of anilines is 1. The molecule has 2 N–H and O–H groups in total. The molecule has 7 heteroatoms. The van der Waals surface area contributed by atoms with Crippen molar-refractivity contribution in [2.75, 3.05) is 11.9 Å². The normalized spacial score (nSPS) is 26.0. The molecule has 2 aliphatic rings. The molecule has 1 amide bonds. The SMILES string of the molecule is CCCO[C@H]1C[C@@H](C(=O)NC2CC2)CC[C@@H]1Nc1ncnc2sccc12. The van der Waals surface area contributed by atoms with Gasteiger partial charge in [0.1, 0.15) is 17.0 Å². The van der Waals surface area contributed by atoms with Gasteiger partial charge < -0.3 is 15.4 Å². The molecule has 26 heavy (non-hydrogen) atoms. The average molecular weight is 375 g/mol. The van der Waals surface area contributed by atoms with Crippen LogP contribution in [0, 0.1) is 5.92 Å². The Labute approximate surface area is 157 Å². The minimum absolute atomic E-state index is 0.0299. The van der Waals surface area contributed by atoms with Crippen molar-refractivity contribution in [1.29, 1.82) is 0 Å². The number of nitrogens with zero attached hydrogens (tertiary/aromatic N) is 2. The lowest BCUT2D eigenvalue weighted by Gasteiger charge is -2.36. The standard InChI is InChI=1S/C19H26N4O2S/c1-2-8-25-16-10-12(18(24)22-13-4-5-13)3-6-15(16)23-17-14-7-9-26-19(14)21-11-20-17/h7,9,11-13,15-16H,2-6,8,10H2,1H3,(H,22,24)(H,20,21,23)/t12-,15-,16-/m0/s1. The van der Waals surface area contributed by atoms with Crippen molar-refractivity contribution < 1.29 is 9.53 Å². The van der Waals surface area contributed by atoms with E-state index in [9.17, 15) is 4.79 Å². The maximum absolute atomic E-state index is 12.5. The van der Waals surface area contributed by atoms with Crippen molar-refractivity contribution in [2.45, 2.75) is 63.6 Å². The molecule has 2 aromatic rings. The number of fused-ring (bicyclic) bond motifs is 1. The monoisotopic (exact) mass is 374 g/mol. The number of aromatic nitrogens is 2. The smallest absolute Gasteiger partial charge is 0.223 e. The molecular formula is C19H26N4O2S. The van der Waals surface area contributed by atoms with Crippen LogP contribution in [0.1, 0.15) is 45.4 Å². The fourth-order valence-electron chi connectivity index (χ4n) is 3.61. The maximum atomic E-state index is 12.5. The van der Waals surface area contributed by atoms with Gasteiger partial charge in [0, 0.05) is 18.6 Å². The van der Waals surface area contributed by atoms with Gasteiger partial charge in [-0.25, -0.2) is 9.97 Å². The third kappa shape index (κ3) is 3.99. The van der Waals surface area contributed by atoms with E-state index in [-0.39, 0.29) is 24.0 Å². The lowest BCUT2D eigenvalue weighted by molar-refractivity contribution is -0.128. The first-order chi connectivity index (χ1) is 12.7. The zero-order chi connectivity index (χ0) is 17.9. The predicted molar refractivity (Wildman–Crippen MR) is 103 cm³/mol. The summed E-state index contributed by atoms with van der Waals surface area (Å²) in [6, 6.07) is 2.64. The molecule has 2 heterocycles. The number of nitrogens with one attached hydrogen (secondary N) is 2. The van der Waals surface area contributed by atoms with E-state index in [1.807, 2.05) is 5.38 Å². The molecule has 2 fully saturated rings. The number of carbonyl (C=O) groups excluding carboxylic acids is 1. The Hall–Kier alpha value is -1.73. The molecule has 0 bridgehead atoms. The minimum Gasteiger partial charge on any atom is -0.376 e. The van der Waals surface area contributed by atoms with Gasteiger partial charge in [0.05, 0.1) is 17.5 Å². The number of hydrogen-bond acceptors (Lipinski definition) is 6. The van der Waals surface area contributed by atoms with E-state index in [0.717, 1.165) is 61.2 Å². The first-order valence-electron chi connectivity index (χ1n) is 9.61. The highest BCUT2D eigenvalue weighted by atomic mass is 32.1. The lowest BCUT2D eigenvalue weighted by Crippen LogP contribution is -2.45. The Morgan fingerprint density at radius 2 is 2.19 bits per heavy atom. The van der Waals surface area contributed by atoms with Crippen LogP contribution >= 0.6 is 11.3 Å². The Balaban J connectivity index is 1.45. The quantitative estimate of drug-likeness (QED) is 0.777. The Kier molecular flexibility index (Phi) is 5.36. The van der Waals surface area contributed by atoms with Gasteiger partial charge in [-0.05, 0) is 50.0 Å². The second-order valence-corrected chi connectivity index (χ2v) is 8.21. The van der Waals surface area contributed by atoms with Crippen LogP contribution in [0.4, 0.5) is 5.82 Å². The molecule has 0 aromatic carbocycles. The van der Waals surface area contributed by atoms with Gasteiger partial charge in [0.25, 0.3) is 0 Å². The van der Waals surface area contributed by atoms with E-state index < -0.39 is 0 Å². The van der Waals surface area contributed by atoms with Crippen LogP contribution < -0.4 is 10.6 Å². The van der Waals surface area contributed by atoms with Gasteiger partial charge in [0.2, 0.25) is 5.91 Å². The molecule has 0 radical (unpaired) electrons. The average Bonchev–Trinajstić information content (AvgIpc) is 3.33. The molecular weight excluding hydrogens is 348 g/mol. The number of thiophene rings is 1. The summed E-state index contributed by atoms with van der Waals surface area (Å²) >= 11 is 1.62. The second kappa shape index (κ2) is 7.88. The highest BCUT2D eigenvalue weighted by molar-refractivity contribution is 7.16. The highest BCUT2D eigenvalue weighted by Gasteiger charge is 2.36. The predicted octanol–water partition coefficient (Wildman–Crippen LogP) is 3.35. The Morgan fingerprint density at radius 1 is 1.31 bits per heavy atom. The summed E-state index contributed by atoms with van der Waals surface area (Å²) in [6.07, 6.45) is 7.44. The number of hydrogen-bond donors (Lipinski definition) is 2. The van der Waals surface area contributed by atoms with Gasteiger partial charge in [-0.2, -0.15) is 0 Å². The zero-order valence-corrected chi connectivity index (χ0v) is 15.9. The Bertz CT molecular complexity index is 761. The van der Waals surface area contributed by atoms with E-state index >= 15 is 0 Å². The number of ether oxygens (including phenoxy) is 1. The van der Waals surface area contributed by atoms with Crippen LogP contribution in [0.15, 0.2) is 17.8 Å². The summed E-state index contributed by atoms with van der Waals surface area (Å²) in [7, 11) is 0. The van der Waals surface area contributed by atoms with E-state index in [0.29, 0.717) is 6.04 Å². The first-order valence-corrected chi connectivity index (χ1v) is 10.5. The molecule has 3 atom stereocenters. The van der Waals surface area contributed by atoms with Crippen molar-refractivity contribution in [1.82, 2.24) is 15.3 Å². The summed E-state index contributed by atoms with van der Waals surface area (Å²) < 4.78 is 6.13. The van der Waals surface area contributed by atoms with Crippen LogP contribution in [-0.4, -0.2) is 40.7 Å². The summed E-state index contributed by atoms with van der Waals surface area (Å²) in [5.41, 5.74) is 0. The van der Waals surface area contributed by atoms with Crippen molar-refractivity contribution in [3.05, 3.63) is 17.8 Å². The minimum atomic E-state index is 0.0299. The van der Waals surface area contributed by atoms with Crippen LogP contribution in [0.5, 0.6) is 0 Å². The summed E-state index contributed by atoms with van der Waals surface area (Å²) in [5, 5.41) is 9.82. The third-order valence-electron chi connectivity index (χ3n) is 5.21. The van der Waals surface area contributed by atoms with Crippen molar-refractivity contribution in [3.63, 3.8) is 0 Å². The lowest BCUT2D eigenvalue weighted by atomic mass is 9.83. The van der Waals surface area contributed by atoms with E-state index in [4.69, 9.17) is 4.74 Å². The van der Waals surface area contributed by atoms with Crippen LogP contribution in [-0.2, 0) is 9.53 Å². The van der Waals surface area contributed by atoms with Crippen molar-refractivity contribution >= 4 is 33.3 Å². The molecule has 6 nitrogen and oxygen atoms in total. The Morgan fingerprint density at radius 3 is 3.00 bits per heavy atom. The van der Waals surface area contributed by atoms with Crippen molar-refractivity contribution in [2.24, 2.45) is 5.92 Å². The van der Waals surface area contributed by atoms with E-state index in [1.54, 1.807) is 17.7 Å². The topological polar surface area (TPSA) is 76.1 Å². The molecule has 0 unspecified atom stereocenters. The molecule has 140 valence electrons. The largest absolute Gasteiger partial charge is 0.376 e. The molecule has 0 spiro atoms. The molecule has 2 aliphatic carbocycles. The highest BCUT2D eigenvalue weighted by Crippen LogP contribution is 2.32. The fraction of sp³-hybridized carbons (Fsp3) is 0.632. The third-order valence-corrected chi connectivity index (χ3v) is 6.03. The number of rotatable bonds is 7. The van der Waals surface area contributed by atoms with Gasteiger partial charge >= 0.3 is 0 Å². The summed E-state index contributed by atoms with van der Waals surface area (Å²) in [4.78, 5) is 22.2. The van der Waals surface area contributed by atoms with Crippen LogP contribution in [0.2, 0.25) is 0 Å². The van der Waals surface area contributed by atoms with Crippen molar-refractivity contribution in [3.8, 4) is 0 Å². The number of amides is 1. The molecule has 0 aliphatic heterocycles. The van der Waals surface area contributed by atoms with Gasteiger partial charge in [-0.1, -0.05) is 6.92 Å². The fourth-order valence-corrected chi connectivity index (χ4v) is 4.35. The summed E-state index contributed by atoms with van der Waals surface area (Å²) in [6.45, 7) is 2.83. The summed E-state index contributed by atoms with van der Waals surface area (Å²) in [5.74, 6) is 1.13. The van der Waals surface area contributed by atoms with E-state index in [1.165, 1.54) is 0 Å². The zero-order valence-electron chi connectivity index (χ0n) is 15.1. The molecule has 2 saturated carbocycles. The van der Waals surface area contributed by atoms with Gasteiger partial charge in [0.15, 0.2) is 0 Å². The maximum Gasteiger partial charge on any atom is 0.223 e. The van der Waals surface area contributed by atoms with Crippen LogP contribution in [0.25, 0.3) is 10.2 Å². The first kappa shape index (κ1) is 17.7. The molecule has 0 saturated heterocycles. The molecule has 4 rings (SSSR count). The second-order valence-electron chi connectivity index (χ2n) is 7.31.